The Kier molecular flexibility index (Phi) is 5.12. The lowest BCUT2D eigenvalue weighted by Crippen LogP contribution is -2.27. The van der Waals surface area contributed by atoms with E-state index in [4.69, 9.17) is 4.74 Å². The van der Waals surface area contributed by atoms with Gasteiger partial charge in [0.25, 0.3) is 0 Å². The van der Waals surface area contributed by atoms with Gasteiger partial charge in [-0.25, -0.2) is 0 Å². The van der Waals surface area contributed by atoms with Crippen molar-refractivity contribution in [3.63, 3.8) is 0 Å². The van der Waals surface area contributed by atoms with Gasteiger partial charge in [-0.1, -0.05) is 36.4 Å². The van der Waals surface area contributed by atoms with Crippen molar-refractivity contribution in [1.29, 1.82) is 0 Å². The summed E-state index contributed by atoms with van der Waals surface area (Å²) in [5, 5.41) is 0. The van der Waals surface area contributed by atoms with Gasteiger partial charge in [-0.05, 0) is 61.1 Å². The van der Waals surface area contributed by atoms with Gasteiger partial charge in [0, 0.05) is 13.1 Å². The molecule has 116 valence electrons. The summed E-state index contributed by atoms with van der Waals surface area (Å²) in [4.78, 5) is 2.61. The Labute approximate surface area is 133 Å². The van der Waals surface area contributed by atoms with Crippen LogP contribution < -0.4 is 4.74 Å². The molecule has 1 heterocycles. The minimum absolute atomic E-state index is 0.983. The summed E-state index contributed by atoms with van der Waals surface area (Å²) < 4.78 is 5.35. The lowest BCUT2D eigenvalue weighted by Gasteiger charge is -2.19. The van der Waals surface area contributed by atoms with Gasteiger partial charge in [0.15, 0.2) is 0 Å². The number of hydrogen-bond donors (Lipinski definition) is 0. The first-order valence-corrected chi connectivity index (χ1v) is 8.27. The average molecular weight is 295 g/mol. The zero-order valence-electron chi connectivity index (χ0n) is 13.4. The highest BCUT2D eigenvalue weighted by molar-refractivity contribution is 5.36. The maximum atomic E-state index is 5.35. The van der Waals surface area contributed by atoms with Gasteiger partial charge in [-0.15, -0.1) is 0 Å². The van der Waals surface area contributed by atoms with E-state index >= 15 is 0 Å². The Morgan fingerprint density at radius 1 is 0.955 bits per heavy atom. The monoisotopic (exact) mass is 295 g/mol. The van der Waals surface area contributed by atoms with Crippen LogP contribution in [0.2, 0.25) is 0 Å². The van der Waals surface area contributed by atoms with Crippen LogP contribution in [0.25, 0.3) is 0 Å². The molecule has 0 N–H and O–H groups in total. The van der Waals surface area contributed by atoms with Crippen molar-refractivity contribution < 1.29 is 4.74 Å². The smallest absolute Gasteiger partial charge is 0.119 e. The summed E-state index contributed by atoms with van der Waals surface area (Å²) in [6.07, 6.45) is 4.71. The molecule has 0 atom stereocenters. The van der Waals surface area contributed by atoms with E-state index in [2.05, 4.69) is 53.4 Å². The highest BCUT2D eigenvalue weighted by atomic mass is 16.5. The summed E-state index contributed by atoms with van der Waals surface area (Å²) in [6, 6.07) is 17.3. The van der Waals surface area contributed by atoms with Crippen LogP contribution in [0.4, 0.5) is 0 Å². The van der Waals surface area contributed by atoms with Gasteiger partial charge in [-0.3, -0.25) is 0 Å². The zero-order valence-corrected chi connectivity index (χ0v) is 13.4. The van der Waals surface area contributed by atoms with Crippen molar-refractivity contribution in [2.45, 2.75) is 25.7 Å². The molecular weight excluding hydrogens is 270 g/mol. The van der Waals surface area contributed by atoms with Gasteiger partial charge < -0.3 is 9.64 Å². The van der Waals surface area contributed by atoms with Crippen LogP contribution in [0.15, 0.2) is 48.5 Å². The van der Waals surface area contributed by atoms with Crippen LogP contribution in [-0.4, -0.2) is 31.6 Å². The molecule has 2 nitrogen and oxygen atoms in total. The van der Waals surface area contributed by atoms with Gasteiger partial charge in [-0.2, -0.15) is 0 Å². The van der Waals surface area contributed by atoms with E-state index in [0.29, 0.717) is 0 Å². The molecule has 2 heteroatoms. The van der Waals surface area contributed by atoms with Gasteiger partial charge >= 0.3 is 0 Å². The summed E-state index contributed by atoms with van der Waals surface area (Å²) in [5.74, 6) is 0.983. The molecule has 0 aliphatic carbocycles. The number of hydrogen-bond acceptors (Lipinski definition) is 2. The van der Waals surface area contributed by atoms with E-state index in [1.807, 2.05) is 0 Å². The molecule has 0 saturated heterocycles. The predicted octanol–water partition coefficient (Wildman–Crippen LogP) is 3.73. The molecule has 2 aromatic carbocycles. The third-order valence-corrected chi connectivity index (χ3v) is 4.59. The van der Waals surface area contributed by atoms with Crippen LogP contribution in [0.1, 0.15) is 23.1 Å². The number of rotatable bonds is 5. The van der Waals surface area contributed by atoms with Gasteiger partial charge in [0.1, 0.15) is 5.75 Å². The first kappa shape index (κ1) is 15.1. The quantitative estimate of drug-likeness (QED) is 0.833. The molecule has 0 radical (unpaired) electrons. The minimum Gasteiger partial charge on any atom is -0.497 e. The number of methoxy groups -OCH3 is 1. The Bertz CT molecular complexity index is 594. The predicted molar refractivity (Wildman–Crippen MR) is 91.6 cm³/mol. The average Bonchev–Trinajstić information content (AvgIpc) is 2.78. The van der Waals surface area contributed by atoms with Crippen LogP contribution >= 0.6 is 0 Å². The SMILES string of the molecule is COc1ccc2c(c1)CCN(CCCc1ccccc1)CC2. The maximum Gasteiger partial charge on any atom is 0.119 e. The first-order valence-electron chi connectivity index (χ1n) is 8.27. The molecule has 3 rings (SSSR count). The number of nitrogens with zero attached hydrogens (tertiary/aromatic N) is 1. The largest absolute Gasteiger partial charge is 0.497 e. The third-order valence-electron chi connectivity index (χ3n) is 4.59. The highest BCUT2D eigenvalue weighted by Gasteiger charge is 2.14. The van der Waals surface area contributed by atoms with E-state index in [1.165, 1.54) is 42.6 Å². The second-order valence-electron chi connectivity index (χ2n) is 6.07. The highest BCUT2D eigenvalue weighted by Crippen LogP contribution is 2.21. The van der Waals surface area contributed by atoms with E-state index in [1.54, 1.807) is 7.11 Å². The summed E-state index contributed by atoms with van der Waals surface area (Å²) in [5.41, 5.74) is 4.40. The maximum absolute atomic E-state index is 5.35. The van der Waals surface area contributed by atoms with Crippen molar-refractivity contribution >= 4 is 0 Å². The molecule has 0 unspecified atom stereocenters. The second-order valence-corrected chi connectivity index (χ2v) is 6.07. The number of benzene rings is 2. The van der Waals surface area contributed by atoms with Crippen LogP contribution in [0.5, 0.6) is 5.75 Å². The molecule has 0 spiro atoms. The molecule has 0 aromatic heterocycles. The molecule has 2 aromatic rings. The molecule has 1 aliphatic rings. The summed E-state index contributed by atoms with van der Waals surface area (Å²) in [7, 11) is 1.74. The van der Waals surface area contributed by atoms with Crippen LogP contribution in [0.3, 0.4) is 0 Å². The van der Waals surface area contributed by atoms with Crippen LogP contribution in [-0.2, 0) is 19.3 Å². The fraction of sp³-hybridized carbons (Fsp3) is 0.400. The number of ether oxygens (including phenoxy) is 1. The third kappa shape index (κ3) is 3.89. The van der Waals surface area contributed by atoms with E-state index in [0.717, 1.165) is 25.1 Å². The number of fused-ring (bicyclic) bond motifs is 1. The fourth-order valence-corrected chi connectivity index (χ4v) is 3.25. The number of aryl methyl sites for hydroxylation is 1. The van der Waals surface area contributed by atoms with Crippen molar-refractivity contribution in [2.24, 2.45) is 0 Å². The zero-order chi connectivity index (χ0) is 15.2. The second kappa shape index (κ2) is 7.46. The van der Waals surface area contributed by atoms with E-state index < -0.39 is 0 Å². The molecule has 0 amide bonds. The van der Waals surface area contributed by atoms with Crippen molar-refractivity contribution in [1.82, 2.24) is 4.90 Å². The molecule has 0 fully saturated rings. The Hall–Kier alpha value is -1.80. The molecule has 0 saturated carbocycles. The summed E-state index contributed by atoms with van der Waals surface area (Å²) >= 11 is 0. The topological polar surface area (TPSA) is 12.5 Å². The van der Waals surface area contributed by atoms with Crippen molar-refractivity contribution in [2.75, 3.05) is 26.7 Å². The van der Waals surface area contributed by atoms with Crippen molar-refractivity contribution in [3.8, 4) is 5.75 Å². The first-order chi connectivity index (χ1) is 10.8. The normalized spacial score (nSPS) is 15.1. The molecule has 22 heavy (non-hydrogen) atoms. The van der Waals surface area contributed by atoms with E-state index in [-0.39, 0.29) is 0 Å². The summed E-state index contributed by atoms with van der Waals surface area (Å²) in [6.45, 7) is 3.53. The van der Waals surface area contributed by atoms with Gasteiger partial charge in [0.05, 0.1) is 7.11 Å². The Morgan fingerprint density at radius 3 is 2.50 bits per heavy atom. The standard InChI is InChI=1S/C20H25NO/c1-22-20-10-9-18-11-14-21(15-12-19(18)16-20)13-5-8-17-6-3-2-4-7-17/h2-4,6-7,9-10,16H,5,8,11-15H2,1H3. The Morgan fingerprint density at radius 2 is 1.73 bits per heavy atom. The van der Waals surface area contributed by atoms with Gasteiger partial charge in [0.2, 0.25) is 0 Å². The minimum atomic E-state index is 0.983. The molecule has 1 aliphatic heterocycles. The van der Waals surface area contributed by atoms with Crippen molar-refractivity contribution in [3.05, 3.63) is 65.2 Å². The lowest BCUT2D eigenvalue weighted by molar-refractivity contribution is 0.284. The lowest BCUT2D eigenvalue weighted by atomic mass is 10.0. The Balaban J connectivity index is 1.51. The molecule has 0 bridgehead atoms. The fourth-order valence-electron chi connectivity index (χ4n) is 3.25. The van der Waals surface area contributed by atoms with Crippen LogP contribution in [0, 0.1) is 0 Å². The molecular formula is C20H25NO. The van der Waals surface area contributed by atoms with E-state index in [9.17, 15) is 0 Å².